The topological polar surface area (TPSA) is 95.0 Å². The van der Waals surface area contributed by atoms with E-state index in [4.69, 9.17) is 0 Å². The lowest BCUT2D eigenvalue weighted by molar-refractivity contribution is -0.142. The third kappa shape index (κ3) is 3.45. The van der Waals surface area contributed by atoms with E-state index in [9.17, 15) is 9.90 Å². The van der Waals surface area contributed by atoms with Gasteiger partial charge in [0.25, 0.3) is 0 Å². The van der Waals surface area contributed by atoms with E-state index in [-0.39, 0.29) is 17.9 Å². The summed E-state index contributed by atoms with van der Waals surface area (Å²) in [4.78, 5) is 14.3. The number of carbonyl (C=O) groups excluding carboxylic acids is 1. The van der Waals surface area contributed by atoms with Gasteiger partial charge in [0.2, 0.25) is 11.7 Å². The van der Waals surface area contributed by atoms with Crippen molar-refractivity contribution < 1.29 is 9.90 Å². The molecule has 23 heavy (non-hydrogen) atoms. The van der Waals surface area contributed by atoms with Crippen LogP contribution < -0.4 is 0 Å². The molecular formula is C16H19N5O2. The number of nitrogens with zero attached hydrogens (tertiary/aromatic N) is 4. The molecule has 7 heteroatoms. The highest BCUT2D eigenvalue weighted by Crippen LogP contribution is 2.29. The maximum atomic E-state index is 12.5. The van der Waals surface area contributed by atoms with Gasteiger partial charge >= 0.3 is 0 Å². The van der Waals surface area contributed by atoms with Gasteiger partial charge in [0.1, 0.15) is 0 Å². The molecule has 0 unspecified atom stereocenters. The highest BCUT2D eigenvalue weighted by Gasteiger charge is 2.35. The number of aliphatic hydroxyl groups excluding tert-OH is 1. The van der Waals surface area contributed by atoms with Crippen molar-refractivity contribution in [1.29, 1.82) is 0 Å². The summed E-state index contributed by atoms with van der Waals surface area (Å²) in [6, 6.07) is 7.72. The van der Waals surface area contributed by atoms with Crippen molar-refractivity contribution in [3.8, 4) is 11.4 Å². The van der Waals surface area contributed by atoms with Crippen LogP contribution in [0.5, 0.6) is 0 Å². The molecule has 0 atom stereocenters. The zero-order chi connectivity index (χ0) is 16.2. The van der Waals surface area contributed by atoms with Crippen LogP contribution in [0.4, 0.5) is 0 Å². The summed E-state index contributed by atoms with van der Waals surface area (Å²) in [5, 5.41) is 23.3. The standard InChI is InChI=1S/C16H19N5O2/c1-2-6-21(16(23)13-8-14(22)9-13)10-11-4-3-5-12(7-11)15-17-19-20-18-15/h2-5,7,13-14,22H,1,6,8-10H2,(H,17,18,19,20). The molecule has 0 spiro atoms. The largest absolute Gasteiger partial charge is 0.393 e. The first kappa shape index (κ1) is 15.4. The number of aromatic nitrogens is 4. The molecule has 1 heterocycles. The van der Waals surface area contributed by atoms with Gasteiger partial charge < -0.3 is 10.0 Å². The van der Waals surface area contributed by atoms with E-state index in [2.05, 4.69) is 27.2 Å². The monoisotopic (exact) mass is 313 g/mol. The Bertz CT molecular complexity index is 680. The summed E-state index contributed by atoms with van der Waals surface area (Å²) in [7, 11) is 0. The molecule has 1 aromatic heterocycles. The lowest BCUT2D eigenvalue weighted by atomic mass is 9.81. The molecule has 2 aromatic rings. The summed E-state index contributed by atoms with van der Waals surface area (Å²) in [5.41, 5.74) is 1.84. The predicted molar refractivity (Wildman–Crippen MR) is 84.0 cm³/mol. The molecule has 1 amide bonds. The maximum absolute atomic E-state index is 12.5. The van der Waals surface area contributed by atoms with E-state index in [0.29, 0.717) is 31.8 Å². The Balaban J connectivity index is 1.73. The Kier molecular flexibility index (Phi) is 4.47. The van der Waals surface area contributed by atoms with E-state index in [1.807, 2.05) is 24.3 Å². The number of nitrogens with one attached hydrogen (secondary N) is 1. The van der Waals surface area contributed by atoms with Gasteiger partial charge in [-0.3, -0.25) is 4.79 Å². The zero-order valence-corrected chi connectivity index (χ0v) is 12.7. The Morgan fingerprint density at radius 2 is 2.30 bits per heavy atom. The highest BCUT2D eigenvalue weighted by atomic mass is 16.3. The number of aromatic amines is 1. The molecule has 0 saturated heterocycles. The van der Waals surface area contributed by atoms with E-state index in [1.54, 1.807) is 11.0 Å². The molecule has 0 aliphatic heterocycles. The molecule has 1 fully saturated rings. The van der Waals surface area contributed by atoms with Crippen molar-refractivity contribution in [3.63, 3.8) is 0 Å². The first-order valence-electron chi connectivity index (χ1n) is 7.58. The molecule has 2 N–H and O–H groups in total. The van der Waals surface area contributed by atoms with Crippen LogP contribution in [0, 0.1) is 5.92 Å². The van der Waals surface area contributed by atoms with Crippen LogP contribution in [-0.4, -0.2) is 49.2 Å². The fourth-order valence-electron chi connectivity index (χ4n) is 2.75. The number of aliphatic hydroxyl groups is 1. The van der Waals surface area contributed by atoms with E-state index in [0.717, 1.165) is 11.1 Å². The Morgan fingerprint density at radius 3 is 2.96 bits per heavy atom. The maximum Gasteiger partial charge on any atom is 0.226 e. The van der Waals surface area contributed by atoms with Crippen LogP contribution in [0.15, 0.2) is 36.9 Å². The van der Waals surface area contributed by atoms with Crippen LogP contribution in [-0.2, 0) is 11.3 Å². The van der Waals surface area contributed by atoms with Crippen LogP contribution in [0.3, 0.4) is 0 Å². The third-order valence-electron chi connectivity index (χ3n) is 4.03. The van der Waals surface area contributed by atoms with Crippen molar-refractivity contribution in [2.24, 2.45) is 5.92 Å². The minimum absolute atomic E-state index is 0.0696. The lowest BCUT2D eigenvalue weighted by Crippen LogP contribution is -2.43. The second-order valence-electron chi connectivity index (χ2n) is 5.77. The number of tetrazole rings is 1. The Labute approximate surface area is 134 Å². The van der Waals surface area contributed by atoms with Crippen LogP contribution >= 0.6 is 0 Å². The van der Waals surface area contributed by atoms with Crippen molar-refractivity contribution in [2.45, 2.75) is 25.5 Å². The molecule has 1 aliphatic carbocycles. The quantitative estimate of drug-likeness (QED) is 0.780. The number of amides is 1. The Morgan fingerprint density at radius 1 is 1.48 bits per heavy atom. The summed E-state index contributed by atoms with van der Waals surface area (Å²) >= 11 is 0. The van der Waals surface area contributed by atoms with Gasteiger partial charge in [0.05, 0.1) is 6.10 Å². The van der Waals surface area contributed by atoms with E-state index < -0.39 is 0 Å². The molecule has 120 valence electrons. The number of rotatable bonds is 6. The fraction of sp³-hybridized carbons (Fsp3) is 0.375. The average Bonchev–Trinajstić information content (AvgIpc) is 3.05. The summed E-state index contributed by atoms with van der Waals surface area (Å²) < 4.78 is 0. The number of hydrogen-bond donors (Lipinski definition) is 2. The number of H-pyrrole nitrogens is 1. The number of carbonyl (C=O) groups is 1. The molecular weight excluding hydrogens is 294 g/mol. The molecule has 1 saturated carbocycles. The summed E-state index contributed by atoms with van der Waals surface area (Å²) in [5.74, 6) is 0.515. The molecule has 1 aliphatic rings. The minimum Gasteiger partial charge on any atom is -0.393 e. The highest BCUT2D eigenvalue weighted by molar-refractivity contribution is 5.80. The van der Waals surface area contributed by atoms with Crippen molar-refractivity contribution in [3.05, 3.63) is 42.5 Å². The molecule has 3 rings (SSSR count). The van der Waals surface area contributed by atoms with Gasteiger partial charge in [0.15, 0.2) is 0 Å². The van der Waals surface area contributed by atoms with Crippen LogP contribution in [0.1, 0.15) is 18.4 Å². The number of hydrogen-bond acceptors (Lipinski definition) is 5. The molecule has 0 radical (unpaired) electrons. The van der Waals surface area contributed by atoms with Gasteiger partial charge in [-0.15, -0.1) is 16.8 Å². The van der Waals surface area contributed by atoms with Gasteiger partial charge in [0, 0.05) is 24.6 Å². The van der Waals surface area contributed by atoms with Crippen LogP contribution in [0.2, 0.25) is 0 Å². The van der Waals surface area contributed by atoms with E-state index in [1.165, 1.54) is 0 Å². The predicted octanol–water partition coefficient (Wildman–Crippen LogP) is 1.15. The van der Waals surface area contributed by atoms with E-state index >= 15 is 0 Å². The second-order valence-corrected chi connectivity index (χ2v) is 5.77. The lowest BCUT2D eigenvalue weighted by Gasteiger charge is -2.34. The summed E-state index contributed by atoms with van der Waals surface area (Å²) in [6.45, 7) is 4.70. The second kappa shape index (κ2) is 6.70. The first-order valence-corrected chi connectivity index (χ1v) is 7.58. The fourth-order valence-corrected chi connectivity index (χ4v) is 2.75. The normalized spacial score (nSPS) is 19.9. The Hall–Kier alpha value is -2.54. The third-order valence-corrected chi connectivity index (χ3v) is 4.03. The van der Waals surface area contributed by atoms with Crippen LogP contribution in [0.25, 0.3) is 11.4 Å². The van der Waals surface area contributed by atoms with Gasteiger partial charge in [-0.1, -0.05) is 24.3 Å². The first-order chi connectivity index (χ1) is 11.2. The van der Waals surface area contributed by atoms with Crippen molar-refractivity contribution in [1.82, 2.24) is 25.5 Å². The van der Waals surface area contributed by atoms with Crippen molar-refractivity contribution >= 4 is 5.91 Å². The van der Waals surface area contributed by atoms with Gasteiger partial charge in [-0.2, -0.15) is 5.21 Å². The SMILES string of the molecule is C=CCN(Cc1cccc(-c2nn[nH]n2)c1)C(=O)C1CC(O)C1. The summed E-state index contributed by atoms with van der Waals surface area (Å²) in [6.07, 6.45) is 2.48. The molecule has 1 aromatic carbocycles. The van der Waals surface area contributed by atoms with Crippen molar-refractivity contribution in [2.75, 3.05) is 6.54 Å². The minimum atomic E-state index is -0.337. The van der Waals surface area contributed by atoms with Gasteiger partial charge in [-0.25, -0.2) is 0 Å². The zero-order valence-electron chi connectivity index (χ0n) is 12.7. The smallest absolute Gasteiger partial charge is 0.226 e. The molecule has 7 nitrogen and oxygen atoms in total. The molecule has 0 bridgehead atoms. The number of benzene rings is 1. The van der Waals surface area contributed by atoms with Gasteiger partial charge in [-0.05, 0) is 29.7 Å². The average molecular weight is 313 g/mol.